The van der Waals surface area contributed by atoms with E-state index in [1.54, 1.807) is 35.8 Å². The van der Waals surface area contributed by atoms with Gasteiger partial charge in [0.25, 0.3) is 0 Å². The van der Waals surface area contributed by atoms with Crippen molar-refractivity contribution in [2.45, 2.75) is 11.5 Å². The molecule has 2 unspecified atom stereocenters. The van der Waals surface area contributed by atoms with E-state index in [1.165, 1.54) is 7.11 Å². The van der Waals surface area contributed by atoms with Crippen molar-refractivity contribution in [1.82, 2.24) is 4.98 Å². The molecule has 4 rings (SSSR count). The van der Waals surface area contributed by atoms with E-state index < -0.39 is 17.4 Å². The Morgan fingerprint density at radius 1 is 1.32 bits per heavy atom. The second-order valence-corrected chi connectivity index (χ2v) is 7.75. The van der Waals surface area contributed by atoms with Crippen LogP contribution < -0.4 is 5.73 Å². The number of hydrogen-bond donors (Lipinski definition) is 1. The van der Waals surface area contributed by atoms with Crippen LogP contribution in [0.15, 0.2) is 75.7 Å². The number of hydrogen-bond acceptors (Lipinski definition) is 5. The highest BCUT2D eigenvalue weighted by Crippen LogP contribution is 2.38. The van der Waals surface area contributed by atoms with Crippen LogP contribution in [0.1, 0.15) is 5.56 Å². The third-order valence-electron chi connectivity index (χ3n) is 4.79. The molecule has 5 nitrogen and oxygen atoms in total. The third kappa shape index (κ3) is 3.09. The number of aromatic nitrogens is 1. The molecule has 0 saturated carbocycles. The summed E-state index contributed by atoms with van der Waals surface area (Å²) in [5, 5.41) is 2.42. The molecule has 2 N–H and O–H groups in total. The van der Waals surface area contributed by atoms with Gasteiger partial charge in [0, 0.05) is 17.7 Å². The van der Waals surface area contributed by atoms with Crippen LogP contribution in [0.2, 0.25) is 0 Å². The van der Waals surface area contributed by atoms with Gasteiger partial charge in [0.15, 0.2) is 5.76 Å². The quantitative estimate of drug-likeness (QED) is 0.669. The molecule has 2 atom stereocenters. The number of carbonyl (C=O) groups excluding carboxylic acids is 1. The summed E-state index contributed by atoms with van der Waals surface area (Å²) in [6.07, 6.45) is 6.23. The number of methoxy groups -OCH3 is 1. The lowest BCUT2D eigenvalue weighted by molar-refractivity contribution is -0.125. The summed E-state index contributed by atoms with van der Waals surface area (Å²) < 4.78 is 11.4. The second kappa shape index (κ2) is 7.39. The number of oxazole rings is 1. The summed E-state index contributed by atoms with van der Waals surface area (Å²) in [4.78, 5) is 17.8. The van der Waals surface area contributed by atoms with E-state index in [-0.39, 0.29) is 0 Å². The Bertz CT molecular complexity index is 1050. The first-order chi connectivity index (χ1) is 13.5. The van der Waals surface area contributed by atoms with Crippen molar-refractivity contribution in [2.24, 2.45) is 5.73 Å². The molecule has 3 aromatic rings. The molecule has 0 saturated heterocycles. The van der Waals surface area contributed by atoms with Gasteiger partial charge in [-0.3, -0.25) is 4.79 Å². The Morgan fingerprint density at radius 2 is 2.11 bits per heavy atom. The predicted octanol–water partition coefficient (Wildman–Crippen LogP) is 4.50. The first kappa shape index (κ1) is 18.7. The van der Waals surface area contributed by atoms with Crippen LogP contribution in [0, 0.1) is 0 Å². The number of nitrogens with two attached hydrogens (primary N) is 1. The lowest BCUT2D eigenvalue weighted by Gasteiger charge is -2.35. The molecule has 0 aliphatic heterocycles. The fraction of sp³-hybridized carbons (Fsp3) is 0.143. The maximum Gasteiger partial charge on any atom is 0.235 e. The van der Waals surface area contributed by atoms with Gasteiger partial charge in [-0.1, -0.05) is 35.9 Å². The molecule has 7 heteroatoms. The van der Waals surface area contributed by atoms with E-state index in [0.717, 1.165) is 10.4 Å². The highest BCUT2D eigenvalue weighted by Gasteiger charge is 2.45. The Hall–Kier alpha value is -2.67. The van der Waals surface area contributed by atoms with Crippen molar-refractivity contribution < 1.29 is 13.9 Å². The van der Waals surface area contributed by atoms with E-state index >= 15 is 0 Å². The lowest BCUT2D eigenvalue weighted by Crippen LogP contribution is -2.50. The molecule has 1 aromatic carbocycles. The van der Waals surface area contributed by atoms with Gasteiger partial charge in [0.05, 0.1) is 17.2 Å². The van der Waals surface area contributed by atoms with Crippen LogP contribution in [0.3, 0.4) is 0 Å². The normalized spacial score (nSPS) is 21.5. The Labute approximate surface area is 171 Å². The van der Waals surface area contributed by atoms with Crippen molar-refractivity contribution >= 4 is 28.8 Å². The van der Waals surface area contributed by atoms with Crippen molar-refractivity contribution in [3.05, 3.63) is 76.8 Å². The maximum absolute atomic E-state index is 12.5. The van der Waals surface area contributed by atoms with Crippen molar-refractivity contribution in [2.75, 3.05) is 7.11 Å². The molecule has 0 radical (unpaired) electrons. The third-order valence-corrected chi connectivity index (χ3v) is 5.90. The topological polar surface area (TPSA) is 78.4 Å². The fourth-order valence-corrected chi connectivity index (χ4v) is 4.29. The maximum atomic E-state index is 12.5. The molecule has 142 valence electrons. The molecule has 1 aliphatic carbocycles. The van der Waals surface area contributed by atoms with Gasteiger partial charge in [0.2, 0.25) is 11.8 Å². The molecular formula is C21H17ClN2O3S. The Morgan fingerprint density at radius 3 is 2.75 bits per heavy atom. The van der Waals surface area contributed by atoms with Gasteiger partial charge < -0.3 is 14.9 Å². The molecule has 0 fully saturated rings. The Balaban J connectivity index is 1.71. The molecule has 0 spiro atoms. The van der Waals surface area contributed by atoms with Gasteiger partial charge in [-0.15, -0.1) is 11.3 Å². The number of allylic oxidation sites excluding steroid dienone is 2. The zero-order chi connectivity index (χ0) is 19.7. The van der Waals surface area contributed by atoms with Gasteiger partial charge in [-0.25, -0.2) is 4.98 Å². The number of rotatable bonds is 5. The van der Waals surface area contributed by atoms with Gasteiger partial charge in [0.1, 0.15) is 5.41 Å². The summed E-state index contributed by atoms with van der Waals surface area (Å²) in [5.41, 5.74) is 6.08. The molecule has 2 aromatic heterocycles. The Kier molecular flexibility index (Phi) is 4.93. The van der Waals surface area contributed by atoms with E-state index in [0.29, 0.717) is 22.2 Å². The summed E-state index contributed by atoms with van der Waals surface area (Å²) in [6.45, 7) is 0. The van der Waals surface area contributed by atoms with E-state index in [2.05, 4.69) is 4.98 Å². The number of thiophene rings is 1. The van der Waals surface area contributed by atoms with Crippen LogP contribution in [-0.4, -0.2) is 24.1 Å². The van der Waals surface area contributed by atoms with Crippen molar-refractivity contribution in [3.63, 3.8) is 0 Å². The second-order valence-electron chi connectivity index (χ2n) is 6.36. The number of ether oxygens (including phenoxy) is 1. The lowest BCUT2D eigenvalue weighted by atomic mass is 9.72. The van der Waals surface area contributed by atoms with Gasteiger partial charge in [-0.05, 0) is 41.3 Å². The molecule has 1 aliphatic rings. The summed E-state index contributed by atoms with van der Waals surface area (Å²) in [7, 11) is 1.53. The van der Waals surface area contributed by atoms with E-state index in [4.69, 9.17) is 26.5 Å². The number of halogens is 1. The van der Waals surface area contributed by atoms with Crippen molar-refractivity contribution in [3.8, 4) is 22.1 Å². The van der Waals surface area contributed by atoms with Crippen LogP contribution in [0.5, 0.6) is 0 Å². The number of amides is 1. The highest BCUT2D eigenvalue weighted by molar-refractivity contribution is 7.13. The minimum absolute atomic E-state index is 0.435. The fourth-order valence-electron chi connectivity index (χ4n) is 3.37. The monoisotopic (exact) mass is 412 g/mol. The van der Waals surface area contributed by atoms with E-state index in [9.17, 15) is 4.79 Å². The average Bonchev–Trinajstić information content (AvgIpc) is 3.39. The molecule has 2 heterocycles. The standard InChI is InChI=1S/C21H17ClN2O3S/c1-26-18-9-8-15(22)11-21(18,20(23)25)14-6-4-13(5-7-14)19-24-12-16(27-19)17-3-2-10-28-17/h2-12,18H,1H3,(H2,23,25). The molecule has 0 bridgehead atoms. The number of nitrogens with zero attached hydrogens (tertiary/aromatic N) is 1. The minimum Gasteiger partial charge on any atom is -0.435 e. The number of carbonyl (C=O) groups is 1. The molecule has 1 amide bonds. The summed E-state index contributed by atoms with van der Waals surface area (Å²) in [6, 6.07) is 11.3. The van der Waals surface area contributed by atoms with Crippen molar-refractivity contribution in [1.29, 1.82) is 0 Å². The van der Waals surface area contributed by atoms with Crippen LogP contribution >= 0.6 is 22.9 Å². The van der Waals surface area contributed by atoms with Crippen LogP contribution in [-0.2, 0) is 14.9 Å². The summed E-state index contributed by atoms with van der Waals surface area (Å²) in [5.74, 6) is 0.684. The van der Waals surface area contributed by atoms with Crippen LogP contribution in [0.4, 0.5) is 0 Å². The molecular weight excluding hydrogens is 396 g/mol. The highest BCUT2D eigenvalue weighted by atomic mass is 35.5. The number of benzene rings is 1. The first-order valence-electron chi connectivity index (χ1n) is 8.54. The first-order valence-corrected chi connectivity index (χ1v) is 9.80. The zero-order valence-electron chi connectivity index (χ0n) is 15.0. The SMILES string of the molecule is COC1C=CC(Cl)=CC1(C(N)=O)c1ccc(-c2ncc(-c3cccs3)o2)cc1. The van der Waals surface area contributed by atoms with E-state index in [1.807, 2.05) is 41.8 Å². The minimum atomic E-state index is -1.18. The smallest absolute Gasteiger partial charge is 0.235 e. The largest absolute Gasteiger partial charge is 0.435 e. The molecule has 28 heavy (non-hydrogen) atoms. The average molecular weight is 413 g/mol. The predicted molar refractivity (Wildman–Crippen MR) is 110 cm³/mol. The number of primary amides is 1. The van der Waals surface area contributed by atoms with Crippen LogP contribution in [0.25, 0.3) is 22.1 Å². The zero-order valence-corrected chi connectivity index (χ0v) is 16.5. The summed E-state index contributed by atoms with van der Waals surface area (Å²) >= 11 is 7.77. The van der Waals surface area contributed by atoms with Gasteiger partial charge >= 0.3 is 0 Å². The van der Waals surface area contributed by atoms with Gasteiger partial charge in [-0.2, -0.15) is 0 Å².